The summed E-state index contributed by atoms with van der Waals surface area (Å²) in [5, 5.41) is 65.9. The minimum absolute atomic E-state index is 0.325. The van der Waals surface area contributed by atoms with E-state index >= 15 is 0 Å². The zero-order valence-electron chi connectivity index (χ0n) is 28.1. The Morgan fingerprint density at radius 1 is 0.628 bits per heavy atom. The monoisotopic (exact) mass is 670 g/mol. The number of aliphatic hydroxyl groups is 6. The fraction of sp³-hybridized carbons (Fsp3) is 0.929. The van der Waals surface area contributed by atoms with Crippen LogP contribution in [0, 0.1) is 11.8 Å². The molecule has 8 atom stereocenters. The molecule has 0 rings (SSSR count). The van der Waals surface area contributed by atoms with Gasteiger partial charge in [-0.25, -0.2) is 0 Å². The Morgan fingerprint density at radius 2 is 0.930 bits per heavy atom. The van der Waals surface area contributed by atoms with Gasteiger partial charge in [0.1, 0.15) is 0 Å². The molecule has 0 radical (unpaired) electrons. The predicted molar refractivity (Wildman–Crippen MR) is 174 cm³/mol. The lowest BCUT2D eigenvalue weighted by Gasteiger charge is -2.39. The van der Waals surface area contributed by atoms with E-state index < -0.39 is 85.5 Å². The van der Waals surface area contributed by atoms with Gasteiger partial charge in [-0.3, -0.25) is 9.59 Å². The summed E-state index contributed by atoms with van der Waals surface area (Å²) in [7, 11) is -6.82. The smallest absolute Gasteiger partial charge is 0.311 e. The van der Waals surface area contributed by atoms with Crippen LogP contribution in [0.25, 0.3) is 0 Å². The topological polar surface area (TPSA) is 198 Å². The fourth-order valence-electron chi connectivity index (χ4n) is 5.20. The van der Waals surface area contributed by atoms with Crippen LogP contribution in [0.15, 0.2) is 0 Å². The Morgan fingerprint density at radius 3 is 1.21 bits per heavy atom. The Bertz CT molecular complexity index is 773. The van der Waals surface area contributed by atoms with Crippen LogP contribution in [0.4, 0.5) is 0 Å². The van der Waals surface area contributed by atoms with E-state index in [1.165, 1.54) is 0 Å². The summed E-state index contributed by atoms with van der Waals surface area (Å²) in [5.41, 5.74) is 0. The van der Waals surface area contributed by atoms with E-state index in [0.717, 1.165) is 12.1 Å². The lowest BCUT2D eigenvalue weighted by atomic mass is 9.92. The molecule has 2 amide bonds. The second-order valence-corrected chi connectivity index (χ2v) is 25.9. The van der Waals surface area contributed by atoms with Gasteiger partial charge >= 0.3 is 8.56 Å². The summed E-state index contributed by atoms with van der Waals surface area (Å²) in [6.45, 7) is 19.8. The molecule has 0 aliphatic carbocycles. The zero-order valence-corrected chi connectivity index (χ0v) is 31.1. The van der Waals surface area contributed by atoms with Crippen LogP contribution in [-0.2, 0) is 17.8 Å². The molecule has 0 aliphatic rings. The number of rotatable bonds is 22. The lowest BCUT2D eigenvalue weighted by Crippen LogP contribution is -2.52. The molecule has 0 saturated heterocycles. The van der Waals surface area contributed by atoms with Crippen molar-refractivity contribution in [2.45, 2.75) is 141 Å². The van der Waals surface area contributed by atoms with Gasteiger partial charge in [0.2, 0.25) is 0 Å². The van der Waals surface area contributed by atoms with Gasteiger partial charge in [-0.1, -0.05) is 27.7 Å². The van der Waals surface area contributed by atoms with Crippen molar-refractivity contribution in [2.24, 2.45) is 11.8 Å². The van der Waals surface area contributed by atoms with E-state index in [1.54, 1.807) is 27.7 Å². The molecule has 0 aromatic rings. The maximum atomic E-state index is 12.3. The van der Waals surface area contributed by atoms with Gasteiger partial charge in [0.05, 0.1) is 24.4 Å². The first-order valence-corrected chi connectivity index (χ1v) is 24.7. The molecule has 0 aliphatic heterocycles. The number of hydrogen-bond acceptors (Lipinski definition) is 10. The molecule has 0 aromatic heterocycles. The van der Waals surface area contributed by atoms with Crippen LogP contribution in [-0.4, -0.2) is 117 Å². The normalized spacial score (nSPS) is 18.6. The predicted octanol–water partition coefficient (Wildman–Crippen LogP) is 1.40. The third-order valence-electron chi connectivity index (χ3n) is 7.87. The highest BCUT2D eigenvalue weighted by Crippen LogP contribution is 2.26. The molecular formula is C28H62N2O10Si3. The van der Waals surface area contributed by atoms with Gasteiger partial charge in [0, 0.05) is 24.9 Å². The van der Waals surface area contributed by atoms with E-state index in [4.69, 9.17) is 8.23 Å². The van der Waals surface area contributed by atoms with E-state index in [2.05, 4.69) is 36.8 Å². The highest BCUT2D eigenvalue weighted by molar-refractivity contribution is 6.87. The third kappa shape index (κ3) is 15.9. The van der Waals surface area contributed by atoms with Crippen molar-refractivity contribution in [3.05, 3.63) is 0 Å². The van der Waals surface area contributed by atoms with Crippen LogP contribution in [0.5, 0.6) is 0 Å². The Balaban J connectivity index is 4.65. The largest absolute Gasteiger partial charge is 0.437 e. The maximum Gasteiger partial charge on any atom is 0.311 e. The molecule has 0 heterocycles. The number of hydrogen-bond donors (Lipinski definition) is 8. The van der Waals surface area contributed by atoms with Crippen LogP contribution in [0.1, 0.15) is 53.4 Å². The van der Waals surface area contributed by atoms with Crippen LogP contribution < -0.4 is 10.6 Å². The Labute approximate surface area is 262 Å². The molecule has 0 fully saturated rings. The van der Waals surface area contributed by atoms with E-state index in [1.807, 2.05) is 13.1 Å². The lowest BCUT2D eigenvalue weighted by molar-refractivity contribution is -0.140. The third-order valence-corrected chi connectivity index (χ3v) is 19.3. The minimum Gasteiger partial charge on any atom is -0.437 e. The van der Waals surface area contributed by atoms with Gasteiger partial charge in [0.15, 0.2) is 28.8 Å². The van der Waals surface area contributed by atoms with Crippen molar-refractivity contribution in [3.8, 4) is 0 Å². The zero-order chi connectivity index (χ0) is 33.8. The standard InChI is InChI=1S/C28H62N2O10Si3/c1-11-21(31)19(3)23(33)25(35)27(37)29-15-13-17-41(5,6)39-43(9,10)40-42(7,8)18-14-16-30-28(38)26(36)24(34)20(4)22(32)12-2/h19-26,31-36H,11-18H2,1-10H3,(H,29,37)(H,30,38). The van der Waals surface area contributed by atoms with Crippen LogP contribution in [0.2, 0.25) is 51.4 Å². The second-order valence-electron chi connectivity index (χ2n) is 13.5. The van der Waals surface area contributed by atoms with Crippen molar-refractivity contribution in [2.75, 3.05) is 13.1 Å². The summed E-state index contributed by atoms with van der Waals surface area (Å²) in [6.07, 6.45) is -5.44. The molecule has 8 N–H and O–H groups in total. The highest BCUT2D eigenvalue weighted by atomic mass is 28.5. The Kier molecular flexibility index (Phi) is 18.7. The van der Waals surface area contributed by atoms with Crippen molar-refractivity contribution in [1.82, 2.24) is 10.6 Å². The first-order valence-electron chi connectivity index (χ1n) is 15.7. The first kappa shape index (κ1) is 42.3. The molecule has 15 heteroatoms. The summed E-state index contributed by atoms with van der Waals surface area (Å²) in [5.74, 6) is -2.60. The summed E-state index contributed by atoms with van der Waals surface area (Å²) in [6, 6.07) is 1.51. The number of carbonyl (C=O) groups is 2. The second kappa shape index (κ2) is 19.1. The number of amides is 2. The van der Waals surface area contributed by atoms with Gasteiger partial charge in [-0.05, 0) is 77.1 Å². The molecule has 12 nitrogen and oxygen atoms in total. The van der Waals surface area contributed by atoms with Crippen molar-refractivity contribution in [1.29, 1.82) is 0 Å². The van der Waals surface area contributed by atoms with Crippen LogP contribution in [0.3, 0.4) is 0 Å². The summed E-state index contributed by atoms with van der Waals surface area (Å²) >= 11 is 0. The van der Waals surface area contributed by atoms with E-state index in [9.17, 15) is 40.2 Å². The first-order chi connectivity index (χ1) is 19.6. The summed E-state index contributed by atoms with van der Waals surface area (Å²) < 4.78 is 13.2. The average Bonchev–Trinajstić information content (AvgIpc) is 2.92. The Hall–Kier alpha value is -0.729. The quantitative estimate of drug-likeness (QED) is 0.0616. The number of aliphatic hydroxyl groups excluding tert-OH is 6. The van der Waals surface area contributed by atoms with Gasteiger partial charge in [0.25, 0.3) is 11.8 Å². The molecule has 0 bridgehead atoms. The average molecular weight is 671 g/mol. The molecule has 43 heavy (non-hydrogen) atoms. The van der Waals surface area contributed by atoms with Gasteiger partial charge in [-0.2, -0.15) is 0 Å². The van der Waals surface area contributed by atoms with E-state index in [0.29, 0.717) is 38.8 Å². The number of nitrogens with one attached hydrogen (secondary N) is 2. The highest BCUT2D eigenvalue weighted by Gasteiger charge is 2.39. The van der Waals surface area contributed by atoms with Crippen molar-refractivity contribution < 1.29 is 48.5 Å². The summed E-state index contributed by atoms with van der Waals surface area (Å²) in [4.78, 5) is 24.6. The molecule has 0 spiro atoms. The molecule has 8 unspecified atom stereocenters. The maximum absolute atomic E-state index is 12.3. The molecule has 0 aromatic carbocycles. The van der Waals surface area contributed by atoms with E-state index in [-0.39, 0.29) is 0 Å². The van der Waals surface area contributed by atoms with Gasteiger partial charge < -0.3 is 49.5 Å². The minimum atomic E-state index is -2.50. The van der Waals surface area contributed by atoms with Crippen molar-refractivity contribution in [3.63, 3.8) is 0 Å². The number of carbonyl (C=O) groups excluding carboxylic acids is 2. The van der Waals surface area contributed by atoms with Gasteiger partial charge in [-0.15, -0.1) is 0 Å². The SMILES string of the molecule is CCC(O)C(C)C(O)C(O)C(=O)NCCC[Si](C)(C)O[Si](C)(C)O[Si](C)(C)CCCNC(=O)C(O)C(O)C(C)C(O)CC. The molecule has 0 saturated carbocycles. The van der Waals surface area contributed by atoms with Crippen molar-refractivity contribution >= 4 is 37.0 Å². The van der Waals surface area contributed by atoms with Crippen LogP contribution >= 0.6 is 0 Å². The molecule has 256 valence electrons. The molecular weight excluding hydrogens is 609 g/mol. The fourth-order valence-corrected chi connectivity index (χ4v) is 19.3.